The summed E-state index contributed by atoms with van der Waals surface area (Å²) in [5.41, 5.74) is 1.16. The Morgan fingerprint density at radius 3 is 2.27 bits per heavy atom. The number of allylic oxidation sites excluding steroid dienone is 6. The number of hydrogen-bond acceptors (Lipinski definition) is 16. The summed E-state index contributed by atoms with van der Waals surface area (Å²) in [6.45, 7) is 12.9. The highest BCUT2D eigenvalue weighted by Crippen LogP contribution is 2.39. The van der Waals surface area contributed by atoms with Gasteiger partial charge in [-0.1, -0.05) is 71.1 Å². The summed E-state index contributed by atoms with van der Waals surface area (Å²) < 4.78 is 42.2. The van der Waals surface area contributed by atoms with E-state index in [0.717, 1.165) is 5.57 Å². The van der Waals surface area contributed by atoms with Crippen molar-refractivity contribution in [1.29, 1.82) is 0 Å². The average Bonchev–Trinajstić information content (AvgIpc) is 3.95. The van der Waals surface area contributed by atoms with Gasteiger partial charge in [0.1, 0.15) is 54.6 Å². The van der Waals surface area contributed by atoms with Crippen LogP contribution in [0, 0.1) is 35.5 Å². The quantitative estimate of drug-likeness (QED) is 0.148. The fourth-order valence-corrected chi connectivity index (χ4v) is 11.8. The van der Waals surface area contributed by atoms with Gasteiger partial charge in [-0.2, -0.15) is 0 Å². The highest BCUT2D eigenvalue weighted by molar-refractivity contribution is 6.39. The Balaban J connectivity index is 1.31. The molecule has 1 aliphatic carbocycles. The molecule has 73 heavy (non-hydrogen) atoms. The van der Waals surface area contributed by atoms with Gasteiger partial charge in [-0.25, -0.2) is 4.79 Å². The molecule has 19 atom stereocenters. The maximum absolute atomic E-state index is 14.5. The molecule has 4 saturated heterocycles. The first-order valence-corrected chi connectivity index (χ1v) is 26.9. The van der Waals surface area contributed by atoms with Crippen LogP contribution in [-0.2, 0) is 57.1 Å². The SMILES string of the molecule is CO[C@@H]1C[C@H](C[C@@H](C)[C@@H]2CC(=O)[C@H](C)/C=C(\C)[C@@H](O)[C@@H](OC)C(=O)[C@H](C)C[C@H](C)/C=C/C=C/C=C(\C)[C@H](OC3CO[C@H]4[C@@H]3OC[C@@H]4O)C[C@@H]3CC[C@@H](C)[C@@](O)(O3)C(=O)C(=O)N3CCCC[C@H]3C(=O)O2)CC[C@H]1O. The summed E-state index contributed by atoms with van der Waals surface area (Å²) in [5.74, 6) is -8.41. The zero-order chi connectivity index (χ0) is 53.3. The summed E-state index contributed by atoms with van der Waals surface area (Å²) in [7, 11) is 2.93. The first kappa shape index (κ1) is 58.8. The van der Waals surface area contributed by atoms with Gasteiger partial charge in [-0.05, 0) is 107 Å². The van der Waals surface area contributed by atoms with E-state index in [1.807, 2.05) is 51.2 Å². The number of nitrogens with zero attached hydrogens (tertiary/aromatic N) is 1. The van der Waals surface area contributed by atoms with E-state index in [1.54, 1.807) is 40.9 Å². The molecule has 410 valence electrons. The molecular formula is C56H85NO16. The molecule has 4 N–H and O–H groups in total. The van der Waals surface area contributed by atoms with Crippen molar-refractivity contribution in [3.8, 4) is 0 Å². The summed E-state index contributed by atoms with van der Waals surface area (Å²) in [6.07, 6.45) is 7.79. The number of hydrogen-bond donors (Lipinski definition) is 4. The molecule has 5 aliphatic heterocycles. The fourth-order valence-electron chi connectivity index (χ4n) is 11.8. The lowest BCUT2D eigenvalue weighted by atomic mass is 9.78. The highest BCUT2D eigenvalue weighted by Gasteiger charge is 2.54. The first-order chi connectivity index (χ1) is 34.7. The van der Waals surface area contributed by atoms with Crippen molar-refractivity contribution in [2.45, 2.75) is 204 Å². The number of Topliss-reactive ketones (excluding diaryl/α,β-unsaturated/α-hetero) is 3. The van der Waals surface area contributed by atoms with Crippen LogP contribution in [0.4, 0.5) is 0 Å². The van der Waals surface area contributed by atoms with Crippen LogP contribution < -0.4 is 0 Å². The Morgan fingerprint density at radius 2 is 1.55 bits per heavy atom. The van der Waals surface area contributed by atoms with Crippen molar-refractivity contribution < 1.29 is 77.6 Å². The molecule has 0 aromatic carbocycles. The molecule has 0 radical (unpaired) electrons. The van der Waals surface area contributed by atoms with Gasteiger partial charge in [-0.15, -0.1) is 0 Å². The Morgan fingerprint density at radius 1 is 0.808 bits per heavy atom. The minimum atomic E-state index is -2.52. The van der Waals surface area contributed by atoms with E-state index in [1.165, 1.54) is 12.0 Å². The van der Waals surface area contributed by atoms with Crippen LogP contribution >= 0.6 is 0 Å². The monoisotopic (exact) mass is 1030 g/mol. The van der Waals surface area contributed by atoms with Crippen molar-refractivity contribution in [1.82, 2.24) is 4.90 Å². The molecule has 5 heterocycles. The van der Waals surface area contributed by atoms with Crippen LogP contribution in [-0.4, -0.2) is 168 Å². The number of esters is 1. The van der Waals surface area contributed by atoms with E-state index in [-0.39, 0.29) is 74.4 Å². The number of cyclic esters (lactones) is 1. The van der Waals surface area contributed by atoms with Crippen molar-refractivity contribution in [2.75, 3.05) is 34.0 Å². The molecule has 1 saturated carbocycles. The third-order valence-corrected chi connectivity index (χ3v) is 16.5. The molecule has 1 amide bonds. The summed E-state index contributed by atoms with van der Waals surface area (Å²) >= 11 is 0. The number of methoxy groups -OCH3 is 2. The molecule has 5 fully saturated rings. The van der Waals surface area contributed by atoms with Crippen molar-refractivity contribution >= 4 is 29.2 Å². The number of amides is 1. The number of fused-ring (bicyclic) bond motifs is 4. The molecule has 6 rings (SSSR count). The molecule has 0 aromatic rings. The minimum Gasteiger partial charge on any atom is -0.460 e. The zero-order valence-corrected chi connectivity index (χ0v) is 44.6. The summed E-state index contributed by atoms with van der Waals surface area (Å²) in [5, 5.41) is 44.7. The molecule has 6 aliphatic rings. The van der Waals surface area contributed by atoms with Gasteiger partial charge in [0.15, 0.2) is 5.78 Å². The molecule has 0 spiro atoms. The van der Waals surface area contributed by atoms with Crippen LogP contribution in [0.5, 0.6) is 0 Å². The Hall–Kier alpha value is -3.49. The molecule has 17 nitrogen and oxygen atoms in total. The van der Waals surface area contributed by atoms with Crippen LogP contribution in [0.15, 0.2) is 47.6 Å². The molecular weight excluding hydrogens is 943 g/mol. The first-order valence-electron chi connectivity index (χ1n) is 26.9. The van der Waals surface area contributed by atoms with E-state index in [9.17, 15) is 44.4 Å². The summed E-state index contributed by atoms with van der Waals surface area (Å²) in [6, 6.07) is -1.18. The average molecular weight is 1030 g/mol. The normalized spacial score (nSPS) is 43.2. The van der Waals surface area contributed by atoms with E-state index < -0.39 is 108 Å². The molecule has 0 aromatic heterocycles. The van der Waals surface area contributed by atoms with Gasteiger partial charge in [-0.3, -0.25) is 19.2 Å². The van der Waals surface area contributed by atoms with Gasteiger partial charge in [0.25, 0.3) is 11.7 Å². The van der Waals surface area contributed by atoms with Crippen LogP contribution in [0.1, 0.15) is 126 Å². The maximum Gasteiger partial charge on any atom is 0.329 e. The van der Waals surface area contributed by atoms with Crippen molar-refractivity contribution in [3.05, 3.63) is 47.6 Å². The largest absolute Gasteiger partial charge is 0.460 e. The van der Waals surface area contributed by atoms with E-state index in [0.29, 0.717) is 63.4 Å². The highest BCUT2D eigenvalue weighted by atomic mass is 16.6. The number of carbonyl (C=O) groups excluding carboxylic acids is 5. The topological polar surface area (TPSA) is 234 Å². The Bertz CT molecular complexity index is 2040. The second-order valence-electron chi connectivity index (χ2n) is 22.2. The Kier molecular flexibility index (Phi) is 21.3. The standard InChI is InChI=1S/C56H85NO16/c1-31-15-11-10-12-16-32(2)44(71-47-30-70-50-43(60)29-69-51(47)50)27-39-20-18-37(7)56(66,73-39)53(63)54(64)57-22-14-13-17-40(57)55(65)72-45(34(4)25-38-19-21-41(58)46(26-38)67-8)28-42(59)33(3)24-36(6)49(62)52(68-9)48(61)35(5)23-31/h10-12,15-16,24,31,33-35,37-41,43-47,49-52,58,60,62,66H,13-14,17-23,25-30H2,1-9H3/b12-10+,15-11+,32-16+,36-24+/t31-,33-,34-,35-,37-,38+,39+,40+,41-,43+,44-,45+,46-,47?,49-,50-,51-,52+,56-/m1/s1. The van der Waals surface area contributed by atoms with Gasteiger partial charge in [0.05, 0.1) is 37.6 Å². The van der Waals surface area contributed by atoms with Gasteiger partial charge in [0.2, 0.25) is 5.79 Å². The third-order valence-electron chi connectivity index (χ3n) is 16.5. The van der Waals surface area contributed by atoms with E-state index in [4.69, 9.17) is 33.2 Å². The number of rotatable bonds is 7. The lowest BCUT2D eigenvalue weighted by Gasteiger charge is -2.43. The van der Waals surface area contributed by atoms with Gasteiger partial charge in [0, 0.05) is 51.4 Å². The van der Waals surface area contributed by atoms with Crippen LogP contribution in [0.3, 0.4) is 0 Å². The van der Waals surface area contributed by atoms with Gasteiger partial charge < -0.3 is 58.5 Å². The van der Waals surface area contributed by atoms with Crippen LogP contribution in [0.2, 0.25) is 0 Å². The molecule has 2 bridgehead atoms. The number of piperidine rings is 1. The molecule has 1 unspecified atom stereocenters. The van der Waals surface area contributed by atoms with Gasteiger partial charge >= 0.3 is 5.97 Å². The number of ether oxygens (including phenoxy) is 7. The minimum absolute atomic E-state index is 0.0303. The number of ketones is 3. The lowest BCUT2D eigenvalue weighted by Crippen LogP contribution is -2.61. The lowest BCUT2D eigenvalue weighted by molar-refractivity contribution is -0.266. The number of carbonyl (C=O) groups is 5. The zero-order valence-electron chi connectivity index (χ0n) is 44.6. The van der Waals surface area contributed by atoms with Crippen LogP contribution in [0.25, 0.3) is 0 Å². The number of aliphatic hydroxyl groups excluding tert-OH is 3. The summed E-state index contributed by atoms with van der Waals surface area (Å²) in [4.78, 5) is 72.7. The Labute approximate surface area is 432 Å². The van der Waals surface area contributed by atoms with E-state index in [2.05, 4.69) is 0 Å². The third kappa shape index (κ3) is 14.5. The second kappa shape index (κ2) is 26.5. The number of aliphatic hydroxyl groups is 4. The predicted octanol–water partition coefficient (Wildman–Crippen LogP) is 5.08. The van der Waals surface area contributed by atoms with Crippen molar-refractivity contribution in [2.24, 2.45) is 35.5 Å². The van der Waals surface area contributed by atoms with E-state index >= 15 is 0 Å². The predicted molar refractivity (Wildman–Crippen MR) is 268 cm³/mol. The maximum atomic E-state index is 14.5. The molecule has 17 heteroatoms. The smallest absolute Gasteiger partial charge is 0.329 e. The fraction of sp³-hybridized carbons (Fsp3) is 0.768. The van der Waals surface area contributed by atoms with Crippen molar-refractivity contribution in [3.63, 3.8) is 0 Å². The second-order valence-corrected chi connectivity index (χ2v) is 22.2.